The number of aromatic nitrogens is 3. The quantitative estimate of drug-likeness (QED) is 0.362. The summed E-state index contributed by atoms with van der Waals surface area (Å²) >= 11 is 0. The second-order valence-corrected chi connectivity index (χ2v) is 13.0. The first-order valence-corrected chi connectivity index (χ1v) is 15.8. The Hall–Kier alpha value is -3.73. The van der Waals surface area contributed by atoms with Gasteiger partial charge in [-0.25, -0.2) is 13.2 Å². The molecule has 2 atom stereocenters. The highest BCUT2D eigenvalue weighted by Crippen LogP contribution is 2.43. The Kier molecular flexibility index (Phi) is 6.59. The zero-order valence-corrected chi connectivity index (χ0v) is 24.6. The molecule has 0 saturated carbocycles. The number of hydrogen-bond donors (Lipinski definition) is 0. The third-order valence-electron chi connectivity index (χ3n) is 10.7. The molecule has 1 aliphatic carbocycles. The van der Waals surface area contributed by atoms with Crippen LogP contribution >= 0.6 is 0 Å². The zero-order valence-electron chi connectivity index (χ0n) is 24.6. The lowest BCUT2D eigenvalue weighted by atomic mass is 9.86. The second kappa shape index (κ2) is 10.4. The molecular formula is C33H35F3N6O2. The van der Waals surface area contributed by atoms with Crippen molar-refractivity contribution in [3.63, 3.8) is 0 Å². The minimum absolute atomic E-state index is 0.0451. The number of likely N-dealkylation sites (tertiary alicyclic amines) is 1. The summed E-state index contributed by atoms with van der Waals surface area (Å²) in [7, 11) is 0. The Morgan fingerprint density at radius 1 is 1.02 bits per heavy atom. The van der Waals surface area contributed by atoms with Gasteiger partial charge in [-0.05, 0) is 94.1 Å². The average molecular weight is 605 g/mol. The number of hydrogen-bond acceptors (Lipinski definition) is 7. The van der Waals surface area contributed by atoms with E-state index in [0.29, 0.717) is 61.3 Å². The van der Waals surface area contributed by atoms with E-state index in [4.69, 9.17) is 9.72 Å². The zero-order chi connectivity index (χ0) is 30.2. The third-order valence-corrected chi connectivity index (χ3v) is 10.7. The van der Waals surface area contributed by atoms with Crippen molar-refractivity contribution in [1.29, 1.82) is 0 Å². The van der Waals surface area contributed by atoms with Gasteiger partial charge in [0.25, 0.3) is 5.91 Å². The Bertz CT molecular complexity index is 1690. The molecule has 8 rings (SSSR count). The van der Waals surface area contributed by atoms with Crippen molar-refractivity contribution in [2.75, 3.05) is 37.7 Å². The van der Waals surface area contributed by atoms with Gasteiger partial charge in [0.15, 0.2) is 11.6 Å². The number of fused-ring (bicyclic) bond motifs is 4. The number of carbonyl (C=O) groups excluding carboxylic acids is 1. The molecular weight excluding hydrogens is 569 g/mol. The fourth-order valence-electron chi connectivity index (χ4n) is 8.47. The molecule has 4 fully saturated rings. The van der Waals surface area contributed by atoms with E-state index in [1.54, 1.807) is 12.3 Å². The highest BCUT2D eigenvalue weighted by atomic mass is 19.1. The van der Waals surface area contributed by atoms with Gasteiger partial charge in [-0.3, -0.25) is 14.7 Å². The highest BCUT2D eigenvalue weighted by molar-refractivity contribution is 5.94. The van der Waals surface area contributed by atoms with Gasteiger partial charge in [0.05, 0.1) is 23.0 Å². The third kappa shape index (κ3) is 4.22. The van der Waals surface area contributed by atoms with Crippen molar-refractivity contribution >= 4 is 22.6 Å². The molecule has 8 nitrogen and oxygen atoms in total. The molecule has 0 spiro atoms. The van der Waals surface area contributed by atoms with Gasteiger partial charge in [-0.15, -0.1) is 0 Å². The van der Waals surface area contributed by atoms with E-state index in [0.717, 1.165) is 57.2 Å². The van der Waals surface area contributed by atoms with Crippen LogP contribution in [0, 0.1) is 11.6 Å². The molecule has 1 amide bonds. The van der Waals surface area contributed by atoms with Crippen LogP contribution in [0.5, 0.6) is 6.01 Å². The number of halogens is 3. The molecule has 11 heteroatoms. The summed E-state index contributed by atoms with van der Waals surface area (Å²) in [5, 5.41) is 0.439. The summed E-state index contributed by atoms with van der Waals surface area (Å²) in [6.45, 7) is 6.54. The molecule has 5 aliphatic rings. The van der Waals surface area contributed by atoms with E-state index in [9.17, 15) is 13.6 Å². The summed E-state index contributed by atoms with van der Waals surface area (Å²) in [6, 6.07) is 2.83. The van der Waals surface area contributed by atoms with Gasteiger partial charge in [-0.1, -0.05) is 6.58 Å². The fourth-order valence-corrected chi connectivity index (χ4v) is 8.47. The smallest absolute Gasteiger partial charge is 0.319 e. The van der Waals surface area contributed by atoms with Gasteiger partial charge >= 0.3 is 6.01 Å². The number of pyridine rings is 1. The van der Waals surface area contributed by atoms with Crippen LogP contribution in [0.3, 0.4) is 0 Å². The number of benzene rings is 1. The highest BCUT2D eigenvalue weighted by Gasteiger charge is 2.50. The molecule has 44 heavy (non-hydrogen) atoms. The van der Waals surface area contributed by atoms with Crippen LogP contribution in [0.25, 0.3) is 22.2 Å². The average Bonchev–Trinajstić information content (AvgIpc) is 3.69. The van der Waals surface area contributed by atoms with Crippen LogP contribution in [0.4, 0.5) is 19.0 Å². The first kappa shape index (κ1) is 27.8. The van der Waals surface area contributed by atoms with E-state index >= 15 is 4.39 Å². The maximum Gasteiger partial charge on any atom is 0.319 e. The molecule has 0 bridgehead atoms. The molecule has 4 aliphatic heterocycles. The molecule has 2 aromatic heterocycles. The summed E-state index contributed by atoms with van der Waals surface area (Å²) < 4.78 is 51.3. The summed E-state index contributed by atoms with van der Waals surface area (Å²) in [4.78, 5) is 32.4. The molecule has 0 unspecified atom stereocenters. The van der Waals surface area contributed by atoms with Crippen molar-refractivity contribution in [2.24, 2.45) is 0 Å². The van der Waals surface area contributed by atoms with Crippen molar-refractivity contribution < 1.29 is 22.7 Å². The molecule has 0 radical (unpaired) electrons. The van der Waals surface area contributed by atoms with Crippen LogP contribution in [-0.2, 0) is 17.6 Å². The molecule has 3 aromatic rings. The summed E-state index contributed by atoms with van der Waals surface area (Å²) in [5.74, 6) is -2.02. The van der Waals surface area contributed by atoms with Gasteiger partial charge in [0, 0.05) is 24.8 Å². The standard InChI is InChI=1S/C33H35F3N6O2/c1-19(34)31(43)41-15-10-25-26(41)17-42(25)30-23-16-37-28(22-8-9-24(35)21-7-3-2-6-20(21)22)27(36)29(23)38-32(39-30)44-18-33-11-4-13-40(33)14-5-12-33/h8-9,16,25-26H,1-7,10-15,17-18H2/t25-,26-/m1/s1. The first-order valence-electron chi connectivity index (χ1n) is 15.8. The minimum Gasteiger partial charge on any atom is -0.461 e. The Morgan fingerprint density at radius 2 is 1.80 bits per heavy atom. The van der Waals surface area contributed by atoms with Crippen LogP contribution in [0.15, 0.2) is 30.7 Å². The maximum atomic E-state index is 16.6. The van der Waals surface area contributed by atoms with Crippen molar-refractivity contribution in [1.82, 2.24) is 24.8 Å². The number of carbonyl (C=O) groups is 1. The van der Waals surface area contributed by atoms with Crippen LogP contribution < -0.4 is 9.64 Å². The molecule has 4 saturated heterocycles. The van der Waals surface area contributed by atoms with Crippen molar-refractivity contribution in [3.05, 3.63) is 53.5 Å². The number of ether oxygens (including phenoxy) is 1. The lowest BCUT2D eigenvalue weighted by Gasteiger charge is -2.47. The van der Waals surface area contributed by atoms with Gasteiger partial charge in [-0.2, -0.15) is 9.97 Å². The predicted octanol–water partition coefficient (Wildman–Crippen LogP) is 5.13. The largest absolute Gasteiger partial charge is 0.461 e. The number of anilines is 1. The summed E-state index contributed by atoms with van der Waals surface area (Å²) in [5.41, 5.74) is 2.24. The molecule has 1 aromatic carbocycles. The van der Waals surface area contributed by atoms with E-state index in [1.165, 1.54) is 11.0 Å². The van der Waals surface area contributed by atoms with Gasteiger partial charge < -0.3 is 14.5 Å². The lowest BCUT2D eigenvalue weighted by Crippen LogP contribution is -2.63. The first-order chi connectivity index (χ1) is 21.3. The monoisotopic (exact) mass is 604 g/mol. The fraction of sp³-hybridized carbons (Fsp3) is 0.515. The van der Waals surface area contributed by atoms with E-state index in [1.807, 2.05) is 4.90 Å². The van der Waals surface area contributed by atoms with E-state index < -0.39 is 17.6 Å². The number of nitrogens with zero attached hydrogens (tertiary/aromatic N) is 6. The predicted molar refractivity (Wildman–Crippen MR) is 159 cm³/mol. The summed E-state index contributed by atoms with van der Waals surface area (Å²) in [6.07, 6.45) is 9.66. The Morgan fingerprint density at radius 3 is 2.57 bits per heavy atom. The topological polar surface area (TPSA) is 74.7 Å². The van der Waals surface area contributed by atoms with Crippen molar-refractivity contribution in [2.45, 2.75) is 75.4 Å². The van der Waals surface area contributed by atoms with E-state index in [2.05, 4.69) is 21.4 Å². The molecule has 6 heterocycles. The number of rotatable bonds is 6. The van der Waals surface area contributed by atoms with E-state index in [-0.39, 0.29) is 40.7 Å². The van der Waals surface area contributed by atoms with Crippen LogP contribution in [0.1, 0.15) is 56.1 Å². The lowest BCUT2D eigenvalue weighted by molar-refractivity contribution is -0.130. The second-order valence-electron chi connectivity index (χ2n) is 13.0. The van der Waals surface area contributed by atoms with Crippen LogP contribution in [0.2, 0.25) is 0 Å². The number of amides is 1. The molecule has 0 N–H and O–H groups in total. The Balaban J connectivity index is 1.20. The minimum atomic E-state index is -0.971. The Labute approximate surface area is 253 Å². The van der Waals surface area contributed by atoms with Crippen molar-refractivity contribution in [3.8, 4) is 17.3 Å². The van der Waals surface area contributed by atoms with Crippen LogP contribution in [-0.4, -0.2) is 81.1 Å². The maximum absolute atomic E-state index is 16.6. The van der Waals surface area contributed by atoms with Gasteiger partial charge in [0.2, 0.25) is 0 Å². The molecule has 230 valence electrons. The SMILES string of the molecule is C=C(F)C(=O)N1CC[C@@H]2[C@H]1CN2c1nc(OCC23CCCN2CCC3)nc2c(F)c(-c3ccc(F)c4c3CCCC4)ncc12. The normalized spacial score (nSPS) is 23.8. The van der Waals surface area contributed by atoms with Gasteiger partial charge in [0.1, 0.15) is 29.5 Å².